The summed E-state index contributed by atoms with van der Waals surface area (Å²) in [6.45, 7) is 3.30. The van der Waals surface area contributed by atoms with Gasteiger partial charge in [-0.15, -0.1) is 6.58 Å². The molecule has 0 fully saturated rings. The third-order valence-electron chi connectivity index (χ3n) is 2.55. The van der Waals surface area contributed by atoms with Gasteiger partial charge in [-0.1, -0.05) is 6.08 Å². The first-order valence-electron chi connectivity index (χ1n) is 5.47. The van der Waals surface area contributed by atoms with Crippen molar-refractivity contribution < 1.29 is 23.4 Å². The minimum atomic E-state index is -3.81. The summed E-state index contributed by atoms with van der Waals surface area (Å²) in [6, 6.07) is 0. The molecular formula is C11H9N3O6S. The van der Waals surface area contributed by atoms with Crippen LogP contribution in [0.15, 0.2) is 28.8 Å². The summed E-state index contributed by atoms with van der Waals surface area (Å²) in [7, 11) is -3.81. The lowest BCUT2D eigenvalue weighted by molar-refractivity contribution is 0.0692. The number of H-pyrrole nitrogens is 1. The number of aromatic hydroxyl groups is 1. The van der Waals surface area contributed by atoms with E-state index in [4.69, 9.17) is 5.11 Å². The number of carboxylic acid groups (broad SMARTS) is 1. The molecule has 21 heavy (non-hydrogen) atoms. The zero-order chi connectivity index (χ0) is 15.8. The van der Waals surface area contributed by atoms with Crippen LogP contribution in [-0.2, 0) is 9.84 Å². The number of aromatic nitrogens is 3. The van der Waals surface area contributed by atoms with E-state index < -0.39 is 43.6 Å². The molecule has 0 atom stereocenters. The predicted octanol–water partition coefficient (Wildman–Crippen LogP) is -0.318. The van der Waals surface area contributed by atoms with Gasteiger partial charge in [0.1, 0.15) is 11.4 Å². The maximum atomic E-state index is 11.8. The Labute approximate surface area is 117 Å². The second-order valence-corrected chi connectivity index (χ2v) is 5.90. The van der Waals surface area contributed by atoms with E-state index >= 15 is 0 Å². The second-order valence-electron chi connectivity index (χ2n) is 3.97. The average Bonchev–Trinajstić information content (AvgIpc) is 2.37. The van der Waals surface area contributed by atoms with E-state index in [-0.39, 0.29) is 11.0 Å². The fraction of sp³-hybridized carbons (Fsp3) is 0.0909. The van der Waals surface area contributed by atoms with Crippen molar-refractivity contribution in [3.8, 4) is 5.75 Å². The number of nitrogens with zero attached hydrogens (tertiary/aromatic N) is 2. The van der Waals surface area contributed by atoms with E-state index in [0.717, 1.165) is 12.3 Å². The van der Waals surface area contributed by atoms with E-state index in [1.807, 2.05) is 0 Å². The van der Waals surface area contributed by atoms with Crippen molar-refractivity contribution in [2.75, 3.05) is 5.75 Å². The SMILES string of the molecule is C=CCS(=O)(=O)c1ncc2c(O)c(C(=O)O)c(=O)[nH]c2n1. The smallest absolute Gasteiger partial charge is 0.345 e. The molecule has 0 aliphatic carbocycles. The molecule has 3 N–H and O–H groups in total. The van der Waals surface area contributed by atoms with Gasteiger partial charge in [0.15, 0.2) is 5.56 Å². The maximum Gasteiger partial charge on any atom is 0.345 e. The molecule has 2 aromatic heterocycles. The van der Waals surface area contributed by atoms with Crippen molar-refractivity contribution in [2.24, 2.45) is 0 Å². The van der Waals surface area contributed by atoms with E-state index in [2.05, 4.69) is 21.5 Å². The highest BCUT2D eigenvalue weighted by Gasteiger charge is 2.22. The zero-order valence-electron chi connectivity index (χ0n) is 10.4. The van der Waals surface area contributed by atoms with Crippen molar-refractivity contribution in [3.63, 3.8) is 0 Å². The first-order chi connectivity index (χ1) is 9.77. The molecule has 10 heteroatoms. The van der Waals surface area contributed by atoms with Gasteiger partial charge < -0.3 is 15.2 Å². The van der Waals surface area contributed by atoms with Gasteiger partial charge in [-0.25, -0.2) is 18.2 Å². The van der Waals surface area contributed by atoms with Gasteiger partial charge in [0.2, 0.25) is 15.0 Å². The van der Waals surface area contributed by atoms with Gasteiger partial charge in [0.05, 0.1) is 11.1 Å². The lowest BCUT2D eigenvalue weighted by Crippen LogP contribution is -2.19. The first-order valence-corrected chi connectivity index (χ1v) is 7.12. The number of pyridine rings is 1. The van der Waals surface area contributed by atoms with Crippen LogP contribution >= 0.6 is 0 Å². The Bertz CT molecular complexity index is 915. The zero-order valence-corrected chi connectivity index (χ0v) is 11.2. The maximum absolute atomic E-state index is 11.8. The Balaban J connectivity index is 2.78. The molecule has 0 aliphatic rings. The molecule has 0 radical (unpaired) electrons. The molecule has 0 spiro atoms. The fourth-order valence-corrected chi connectivity index (χ4v) is 2.53. The van der Waals surface area contributed by atoms with Gasteiger partial charge in [-0.2, -0.15) is 4.98 Å². The Morgan fingerprint density at radius 1 is 1.48 bits per heavy atom. The standard InChI is InChI=1S/C11H9N3O6S/c1-2-3-21(19,20)11-12-4-5-7(15)6(10(17)18)9(16)13-8(5)14-11/h2,4H,1,3H2,(H,17,18)(H2,12,13,14,15,16). The molecule has 0 amide bonds. The van der Waals surface area contributed by atoms with Crippen molar-refractivity contribution in [1.82, 2.24) is 15.0 Å². The highest BCUT2D eigenvalue weighted by molar-refractivity contribution is 7.91. The van der Waals surface area contributed by atoms with Crippen LogP contribution < -0.4 is 5.56 Å². The molecule has 0 saturated heterocycles. The molecule has 0 bridgehead atoms. The van der Waals surface area contributed by atoms with Crippen LogP contribution in [0.3, 0.4) is 0 Å². The largest absolute Gasteiger partial charge is 0.506 e. The molecule has 2 heterocycles. The highest BCUT2D eigenvalue weighted by Crippen LogP contribution is 2.23. The third-order valence-corrected chi connectivity index (χ3v) is 3.97. The van der Waals surface area contributed by atoms with Crippen LogP contribution in [0.25, 0.3) is 11.0 Å². The number of fused-ring (bicyclic) bond motifs is 1. The van der Waals surface area contributed by atoms with E-state index in [1.165, 1.54) is 0 Å². The number of hydrogen-bond acceptors (Lipinski definition) is 7. The lowest BCUT2D eigenvalue weighted by atomic mass is 10.2. The summed E-state index contributed by atoms with van der Waals surface area (Å²) in [5.41, 5.74) is -2.24. The topological polar surface area (TPSA) is 150 Å². The number of rotatable bonds is 4. The Morgan fingerprint density at radius 2 is 2.14 bits per heavy atom. The quantitative estimate of drug-likeness (QED) is 0.513. The van der Waals surface area contributed by atoms with E-state index in [1.54, 1.807) is 0 Å². The Kier molecular flexibility index (Phi) is 3.47. The summed E-state index contributed by atoms with van der Waals surface area (Å²) < 4.78 is 23.6. The van der Waals surface area contributed by atoms with Gasteiger partial charge in [0, 0.05) is 6.20 Å². The minimum absolute atomic E-state index is 0.176. The fourth-order valence-electron chi connectivity index (χ4n) is 1.62. The summed E-state index contributed by atoms with van der Waals surface area (Å²) >= 11 is 0. The monoisotopic (exact) mass is 311 g/mol. The van der Waals surface area contributed by atoms with Crippen LogP contribution in [-0.4, -0.2) is 45.3 Å². The molecule has 110 valence electrons. The van der Waals surface area contributed by atoms with Crippen LogP contribution in [0.1, 0.15) is 10.4 Å². The summed E-state index contributed by atoms with van der Waals surface area (Å²) in [5.74, 6) is -2.85. The molecule has 2 aromatic rings. The van der Waals surface area contributed by atoms with Crippen LogP contribution in [0, 0.1) is 0 Å². The highest BCUT2D eigenvalue weighted by atomic mass is 32.2. The first kappa shape index (κ1) is 14.7. The van der Waals surface area contributed by atoms with Crippen molar-refractivity contribution in [3.05, 3.63) is 34.8 Å². The summed E-state index contributed by atoms with van der Waals surface area (Å²) in [6.07, 6.45) is 2.08. The number of sulfone groups is 1. The second kappa shape index (κ2) is 4.98. The van der Waals surface area contributed by atoms with Crippen molar-refractivity contribution in [1.29, 1.82) is 0 Å². The molecule has 0 unspecified atom stereocenters. The van der Waals surface area contributed by atoms with Gasteiger partial charge in [0.25, 0.3) is 5.56 Å². The van der Waals surface area contributed by atoms with E-state index in [0.29, 0.717) is 0 Å². The van der Waals surface area contributed by atoms with Gasteiger partial charge >= 0.3 is 5.97 Å². The summed E-state index contributed by atoms with van der Waals surface area (Å²) in [4.78, 5) is 31.7. The van der Waals surface area contributed by atoms with E-state index in [9.17, 15) is 23.1 Å². The molecule has 0 saturated carbocycles. The molecule has 0 aliphatic heterocycles. The average molecular weight is 311 g/mol. The molecule has 2 rings (SSSR count). The van der Waals surface area contributed by atoms with Crippen LogP contribution in [0.2, 0.25) is 0 Å². The van der Waals surface area contributed by atoms with Crippen LogP contribution in [0.5, 0.6) is 5.75 Å². The minimum Gasteiger partial charge on any atom is -0.506 e. The van der Waals surface area contributed by atoms with Crippen molar-refractivity contribution >= 4 is 26.8 Å². The number of hydrogen-bond donors (Lipinski definition) is 3. The van der Waals surface area contributed by atoms with Gasteiger partial charge in [-0.05, 0) is 0 Å². The Hall–Kier alpha value is -2.75. The predicted molar refractivity (Wildman–Crippen MR) is 71.0 cm³/mol. The Morgan fingerprint density at radius 3 is 2.71 bits per heavy atom. The number of aromatic carboxylic acids is 1. The number of carbonyl (C=O) groups is 1. The van der Waals surface area contributed by atoms with Crippen molar-refractivity contribution in [2.45, 2.75) is 5.16 Å². The summed E-state index contributed by atoms with van der Waals surface area (Å²) in [5, 5.41) is 17.8. The molecular weight excluding hydrogens is 302 g/mol. The molecule has 9 nitrogen and oxygen atoms in total. The molecule has 0 aromatic carbocycles. The van der Waals surface area contributed by atoms with Gasteiger partial charge in [-0.3, -0.25) is 4.79 Å². The third kappa shape index (κ3) is 2.48. The normalized spacial score (nSPS) is 11.4. The van der Waals surface area contributed by atoms with Crippen LogP contribution in [0.4, 0.5) is 0 Å². The lowest BCUT2D eigenvalue weighted by Gasteiger charge is -2.05. The number of nitrogens with one attached hydrogen (secondary N) is 1. The number of carboxylic acids is 1. The number of aromatic amines is 1.